The van der Waals surface area contributed by atoms with Gasteiger partial charge < -0.3 is 4.57 Å². The molecule has 2 aromatic carbocycles. The average Bonchev–Trinajstić information content (AvgIpc) is 2.46. The van der Waals surface area contributed by atoms with Gasteiger partial charge in [-0.05, 0) is 36.5 Å². The van der Waals surface area contributed by atoms with E-state index >= 15 is 0 Å². The van der Waals surface area contributed by atoms with Gasteiger partial charge in [0.05, 0.1) is 5.52 Å². The van der Waals surface area contributed by atoms with E-state index in [1.54, 1.807) is 4.57 Å². The van der Waals surface area contributed by atoms with Crippen LogP contribution in [-0.4, -0.2) is 9.13 Å². The molecule has 0 saturated carbocycles. The lowest BCUT2D eigenvalue weighted by Gasteiger charge is -2.13. The van der Waals surface area contributed by atoms with E-state index in [0.717, 1.165) is 16.6 Å². The van der Waals surface area contributed by atoms with Crippen molar-refractivity contribution < 1.29 is 0 Å². The summed E-state index contributed by atoms with van der Waals surface area (Å²) in [5.74, 6) is 0. The predicted molar refractivity (Wildman–Crippen MR) is 78.9 cm³/mol. The number of hydrogen-bond acceptors (Lipinski definition) is 2. The van der Waals surface area contributed by atoms with Crippen LogP contribution in [-0.2, 0) is 7.05 Å². The van der Waals surface area contributed by atoms with E-state index in [1.807, 2.05) is 66.2 Å². The van der Waals surface area contributed by atoms with Crippen molar-refractivity contribution in [1.82, 2.24) is 9.13 Å². The Morgan fingerprint density at radius 1 is 0.947 bits per heavy atom. The monoisotopic (exact) mass is 267 g/mol. The van der Waals surface area contributed by atoms with Gasteiger partial charge >= 0.3 is 0 Å². The van der Waals surface area contributed by atoms with Crippen LogP contribution in [0, 0.1) is 10.2 Å². The van der Waals surface area contributed by atoms with E-state index in [1.165, 1.54) is 0 Å². The van der Waals surface area contributed by atoms with Crippen molar-refractivity contribution in [1.29, 1.82) is 5.41 Å². The number of nitrogens with zero attached hydrogens (tertiary/aromatic N) is 2. The highest BCUT2D eigenvalue weighted by Gasteiger charge is 2.06. The summed E-state index contributed by atoms with van der Waals surface area (Å²) in [6, 6.07) is 17.6. The summed E-state index contributed by atoms with van der Waals surface area (Å²) in [6.45, 7) is 0. The molecule has 0 aliphatic rings. The molecule has 0 spiro atoms. The van der Waals surface area contributed by atoms with Gasteiger partial charge in [0.15, 0.2) is 4.77 Å². The van der Waals surface area contributed by atoms with E-state index < -0.39 is 0 Å². The molecule has 19 heavy (non-hydrogen) atoms. The number of para-hydroxylation sites is 2. The summed E-state index contributed by atoms with van der Waals surface area (Å²) in [4.78, 5) is 0. The lowest BCUT2D eigenvalue weighted by Crippen LogP contribution is -2.23. The van der Waals surface area contributed by atoms with Crippen molar-refractivity contribution in [2.45, 2.75) is 0 Å². The zero-order valence-corrected chi connectivity index (χ0v) is 11.3. The zero-order valence-electron chi connectivity index (χ0n) is 10.5. The highest BCUT2D eigenvalue weighted by Crippen LogP contribution is 2.12. The van der Waals surface area contributed by atoms with Crippen LogP contribution >= 0.6 is 12.2 Å². The molecule has 0 atom stereocenters. The molecule has 0 aliphatic carbocycles. The minimum Gasteiger partial charge on any atom is -0.321 e. The molecule has 3 nitrogen and oxygen atoms in total. The maximum atomic E-state index is 8.40. The largest absolute Gasteiger partial charge is 0.321 e. The quantitative estimate of drug-likeness (QED) is 0.675. The fraction of sp³-hybridized carbons (Fsp3) is 0.0667. The Balaban J connectivity index is 2.52. The number of rotatable bonds is 1. The molecule has 1 N–H and O–H groups in total. The van der Waals surface area contributed by atoms with Crippen LogP contribution in [0.4, 0.5) is 0 Å². The fourth-order valence-electron chi connectivity index (χ4n) is 2.25. The molecule has 0 amide bonds. The zero-order chi connectivity index (χ0) is 13.4. The maximum Gasteiger partial charge on any atom is 0.186 e. The average molecular weight is 267 g/mol. The van der Waals surface area contributed by atoms with Gasteiger partial charge in [-0.15, -0.1) is 0 Å². The second kappa shape index (κ2) is 4.48. The molecule has 1 heterocycles. The molecule has 0 saturated heterocycles. The van der Waals surface area contributed by atoms with Crippen molar-refractivity contribution in [2.24, 2.45) is 7.05 Å². The number of fused-ring (bicyclic) bond motifs is 1. The van der Waals surface area contributed by atoms with Crippen LogP contribution in [0.2, 0.25) is 0 Å². The van der Waals surface area contributed by atoms with E-state index in [2.05, 4.69) is 0 Å². The van der Waals surface area contributed by atoms with Crippen molar-refractivity contribution in [2.75, 3.05) is 0 Å². The van der Waals surface area contributed by atoms with Gasteiger partial charge in [-0.1, -0.05) is 30.3 Å². The Morgan fingerprint density at radius 2 is 1.58 bits per heavy atom. The summed E-state index contributed by atoms with van der Waals surface area (Å²) in [7, 11) is 1.93. The first-order valence-electron chi connectivity index (χ1n) is 6.01. The van der Waals surface area contributed by atoms with Crippen molar-refractivity contribution in [3.63, 3.8) is 0 Å². The highest BCUT2D eigenvalue weighted by atomic mass is 32.1. The minimum absolute atomic E-state index is 0.421. The summed E-state index contributed by atoms with van der Waals surface area (Å²) in [6.07, 6.45) is 0. The Hall–Kier alpha value is -2.20. The number of benzene rings is 2. The summed E-state index contributed by atoms with van der Waals surface area (Å²) in [5, 5.41) is 9.29. The number of nitrogens with one attached hydrogen (secondary N) is 1. The first kappa shape index (κ1) is 11.9. The van der Waals surface area contributed by atoms with Gasteiger partial charge in [0.2, 0.25) is 0 Å². The van der Waals surface area contributed by atoms with Gasteiger partial charge in [-0.25, -0.2) is 0 Å². The van der Waals surface area contributed by atoms with E-state index in [9.17, 15) is 0 Å². The predicted octanol–water partition coefficient (Wildman–Crippen LogP) is 3.18. The van der Waals surface area contributed by atoms with E-state index in [0.29, 0.717) is 10.3 Å². The number of aromatic nitrogens is 2. The molecule has 0 bridgehead atoms. The molecule has 4 heteroatoms. The molecular formula is C15H13N3S. The van der Waals surface area contributed by atoms with Crippen LogP contribution in [0.5, 0.6) is 0 Å². The Labute approximate surface area is 115 Å². The van der Waals surface area contributed by atoms with E-state index in [-0.39, 0.29) is 0 Å². The number of aryl methyl sites for hydroxylation is 1. The van der Waals surface area contributed by atoms with Crippen molar-refractivity contribution in [3.8, 4) is 5.69 Å². The second-order valence-corrected chi connectivity index (χ2v) is 4.74. The molecule has 94 valence electrons. The van der Waals surface area contributed by atoms with Gasteiger partial charge in [0.25, 0.3) is 0 Å². The lowest BCUT2D eigenvalue weighted by molar-refractivity contribution is 0.791. The van der Waals surface area contributed by atoms with Gasteiger partial charge in [0, 0.05) is 18.1 Å². The van der Waals surface area contributed by atoms with Crippen LogP contribution in [0.15, 0.2) is 54.6 Å². The first-order valence-corrected chi connectivity index (χ1v) is 6.42. The lowest BCUT2D eigenvalue weighted by atomic mass is 10.2. The molecule has 0 unspecified atom stereocenters. The maximum absolute atomic E-state index is 8.40. The highest BCUT2D eigenvalue weighted by molar-refractivity contribution is 7.71. The van der Waals surface area contributed by atoms with Crippen LogP contribution in [0.3, 0.4) is 0 Å². The van der Waals surface area contributed by atoms with Gasteiger partial charge in [-0.2, -0.15) is 0 Å². The fourth-order valence-corrected chi connectivity index (χ4v) is 2.55. The summed E-state index contributed by atoms with van der Waals surface area (Å²) >= 11 is 5.50. The third kappa shape index (κ3) is 1.81. The molecule has 3 aromatic rings. The Morgan fingerprint density at radius 3 is 2.32 bits per heavy atom. The van der Waals surface area contributed by atoms with Crippen LogP contribution < -0.4 is 5.49 Å². The molecule has 3 rings (SSSR count). The third-order valence-corrected chi connectivity index (χ3v) is 3.69. The smallest absolute Gasteiger partial charge is 0.186 e. The Kier molecular flexibility index (Phi) is 2.80. The molecular weight excluding hydrogens is 254 g/mol. The molecule has 0 fully saturated rings. The SMILES string of the molecule is Cn1c(=S)n(-c2ccccc2)c(=N)c2ccccc21. The van der Waals surface area contributed by atoms with Crippen LogP contribution in [0.1, 0.15) is 0 Å². The van der Waals surface area contributed by atoms with Crippen molar-refractivity contribution >= 4 is 23.1 Å². The molecule has 0 radical (unpaired) electrons. The molecule has 1 aromatic heterocycles. The second-order valence-electron chi connectivity index (χ2n) is 4.38. The first-order chi connectivity index (χ1) is 9.20. The summed E-state index contributed by atoms with van der Waals surface area (Å²) in [5.41, 5.74) is 2.31. The van der Waals surface area contributed by atoms with Crippen LogP contribution in [0.25, 0.3) is 16.6 Å². The van der Waals surface area contributed by atoms with E-state index in [4.69, 9.17) is 17.6 Å². The molecule has 0 aliphatic heterocycles. The van der Waals surface area contributed by atoms with Crippen molar-refractivity contribution in [3.05, 3.63) is 64.9 Å². The summed E-state index contributed by atoms with van der Waals surface area (Å²) < 4.78 is 4.35. The topological polar surface area (TPSA) is 33.7 Å². The third-order valence-electron chi connectivity index (χ3n) is 3.24. The number of hydrogen-bond donors (Lipinski definition) is 1. The normalized spacial score (nSPS) is 10.8. The Bertz CT molecular complexity index is 860. The van der Waals surface area contributed by atoms with Gasteiger partial charge in [0.1, 0.15) is 5.49 Å². The minimum atomic E-state index is 0.421. The van der Waals surface area contributed by atoms with Gasteiger partial charge in [-0.3, -0.25) is 9.98 Å². The standard InChI is InChI=1S/C15H13N3S/c1-17-13-10-6-5-9-12(13)14(16)18(15(17)19)11-7-3-2-4-8-11/h2-10,16H,1H3.